The fourth-order valence-corrected chi connectivity index (χ4v) is 7.50. The summed E-state index contributed by atoms with van der Waals surface area (Å²) in [6.07, 6.45) is 2.69. The fourth-order valence-electron chi connectivity index (χ4n) is 6.14. The van der Waals surface area contributed by atoms with Crippen molar-refractivity contribution >= 4 is 20.9 Å². The first-order valence-electron chi connectivity index (χ1n) is 10.9. The third-order valence-electron chi connectivity index (χ3n) is 7.55. The van der Waals surface area contributed by atoms with Gasteiger partial charge in [0.05, 0.1) is 22.6 Å². The highest BCUT2D eigenvalue weighted by molar-refractivity contribution is 7.90. The summed E-state index contributed by atoms with van der Waals surface area (Å²) in [7, 11) is -3.71. The highest BCUT2D eigenvalue weighted by Gasteiger charge is 2.60. The molecule has 2 bridgehead atoms. The van der Waals surface area contributed by atoms with Crippen LogP contribution in [0.15, 0.2) is 41.4 Å². The van der Waals surface area contributed by atoms with Crippen LogP contribution in [0.25, 0.3) is 10.9 Å². The minimum Gasteiger partial charge on any atom is -0.344 e. The van der Waals surface area contributed by atoms with Gasteiger partial charge >= 0.3 is 0 Å². The smallest absolute Gasteiger partial charge is 0.268 e. The van der Waals surface area contributed by atoms with Crippen LogP contribution in [-0.4, -0.2) is 30.4 Å². The quantitative estimate of drug-likeness (QED) is 0.572. The highest BCUT2D eigenvalue weighted by Crippen LogP contribution is 2.62. The van der Waals surface area contributed by atoms with Crippen LogP contribution in [-0.2, 0) is 19.5 Å². The minimum absolute atomic E-state index is 0.0248. The maximum absolute atomic E-state index is 13.7. The van der Waals surface area contributed by atoms with Gasteiger partial charge in [0.15, 0.2) is 5.79 Å². The number of ether oxygens (including phenoxy) is 2. The summed E-state index contributed by atoms with van der Waals surface area (Å²) >= 11 is 0. The molecule has 0 amide bonds. The normalized spacial score (nSPS) is 28.3. The topological polar surface area (TPSA) is 57.5 Å². The van der Waals surface area contributed by atoms with E-state index < -0.39 is 15.8 Å². The van der Waals surface area contributed by atoms with Crippen LogP contribution in [0, 0.1) is 20.8 Å². The van der Waals surface area contributed by atoms with Crippen LogP contribution >= 0.6 is 0 Å². The second-order valence-electron chi connectivity index (χ2n) is 9.78. The molecule has 2 heterocycles. The summed E-state index contributed by atoms with van der Waals surface area (Å²) in [5.41, 5.74) is 6.68. The first-order chi connectivity index (χ1) is 14.6. The lowest BCUT2D eigenvalue weighted by atomic mass is 9.82. The maximum atomic E-state index is 13.7. The summed E-state index contributed by atoms with van der Waals surface area (Å²) in [4.78, 5) is 0.310. The van der Waals surface area contributed by atoms with Crippen LogP contribution in [0.2, 0.25) is 0 Å². The molecule has 31 heavy (non-hydrogen) atoms. The van der Waals surface area contributed by atoms with E-state index in [9.17, 15) is 8.42 Å². The second kappa shape index (κ2) is 6.00. The maximum Gasteiger partial charge on any atom is 0.268 e. The Morgan fingerprint density at radius 1 is 0.903 bits per heavy atom. The number of fused-ring (bicyclic) bond motifs is 10. The molecule has 1 saturated heterocycles. The van der Waals surface area contributed by atoms with Crippen LogP contribution in [0.4, 0.5) is 0 Å². The summed E-state index contributed by atoms with van der Waals surface area (Å²) in [6, 6.07) is 9.02. The molecule has 6 rings (SSSR count). The molecule has 0 radical (unpaired) electrons. The molecule has 5 nitrogen and oxygen atoms in total. The molecular formula is C25H27NO4S. The second-order valence-corrected chi connectivity index (χ2v) is 11.6. The van der Waals surface area contributed by atoms with Crippen molar-refractivity contribution in [2.24, 2.45) is 0 Å². The first-order valence-corrected chi connectivity index (χ1v) is 12.4. The van der Waals surface area contributed by atoms with E-state index in [4.69, 9.17) is 9.47 Å². The third kappa shape index (κ3) is 2.47. The number of aryl methyl sites for hydroxylation is 2. The van der Waals surface area contributed by atoms with E-state index in [1.165, 1.54) is 15.1 Å². The fraction of sp³-hybridized carbons (Fsp3) is 0.440. The third-order valence-corrected chi connectivity index (χ3v) is 9.24. The summed E-state index contributed by atoms with van der Waals surface area (Å²) in [5.74, 6) is -0.206. The lowest BCUT2D eigenvalue weighted by Gasteiger charge is -2.28. The molecule has 4 unspecified atom stereocenters. The Morgan fingerprint density at radius 2 is 1.52 bits per heavy atom. The molecule has 1 saturated carbocycles. The predicted molar refractivity (Wildman–Crippen MR) is 119 cm³/mol. The zero-order chi connectivity index (χ0) is 21.9. The highest BCUT2D eigenvalue weighted by atomic mass is 32.2. The number of nitrogens with zero attached hydrogens (tertiary/aromatic N) is 1. The molecule has 0 spiro atoms. The van der Waals surface area contributed by atoms with Crippen LogP contribution in [0.3, 0.4) is 0 Å². The molecule has 0 N–H and O–H groups in total. The molecule has 1 aromatic heterocycles. The number of rotatable bonds is 2. The number of benzene rings is 2. The van der Waals surface area contributed by atoms with Crippen molar-refractivity contribution in [3.63, 3.8) is 0 Å². The van der Waals surface area contributed by atoms with Gasteiger partial charge in [0.25, 0.3) is 10.0 Å². The molecule has 3 aliphatic rings. The van der Waals surface area contributed by atoms with Crippen molar-refractivity contribution in [3.8, 4) is 0 Å². The lowest BCUT2D eigenvalue weighted by molar-refractivity contribution is -0.153. The van der Waals surface area contributed by atoms with Crippen molar-refractivity contribution in [2.45, 2.75) is 75.8 Å². The largest absolute Gasteiger partial charge is 0.344 e. The van der Waals surface area contributed by atoms with Crippen molar-refractivity contribution < 1.29 is 17.9 Å². The molecule has 2 fully saturated rings. The van der Waals surface area contributed by atoms with E-state index in [2.05, 4.69) is 13.8 Å². The number of hydrogen-bond acceptors (Lipinski definition) is 4. The Morgan fingerprint density at radius 3 is 2.16 bits per heavy atom. The van der Waals surface area contributed by atoms with Gasteiger partial charge in [-0.15, -0.1) is 0 Å². The molecule has 2 aromatic carbocycles. The molecule has 2 aliphatic carbocycles. The predicted octanol–water partition coefficient (Wildman–Crippen LogP) is 4.91. The first kappa shape index (κ1) is 19.5. The molecule has 6 heteroatoms. The Kier molecular flexibility index (Phi) is 3.78. The zero-order valence-electron chi connectivity index (χ0n) is 18.5. The number of aromatic nitrogens is 1. The Bertz CT molecular complexity index is 1350. The van der Waals surface area contributed by atoms with E-state index in [0.717, 1.165) is 34.0 Å². The van der Waals surface area contributed by atoms with Gasteiger partial charge in [-0.05, 0) is 81.5 Å². The van der Waals surface area contributed by atoms with Gasteiger partial charge in [0.2, 0.25) is 0 Å². The van der Waals surface area contributed by atoms with Gasteiger partial charge < -0.3 is 9.47 Å². The van der Waals surface area contributed by atoms with Gasteiger partial charge in [0, 0.05) is 23.4 Å². The summed E-state index contributed by atoms with van der Waals surface area (Å²) in [5, 5.41) is 1.01. The van der Waals surface area contributed by atoms with E-state index in [0.29, 0.717) is 4.90 Å². The van der Waals surface area contributed by atoms with Gasteiger partial charge in [-0.2, -0.15) is 0 Å². The van der Waals surface area contributed by atoms with Crippen molar-refractivity contribution in [1.82, 2.24) is 3.97 Å². The van der Waals surface area contributed by atoms with Crippen molar-refractivity contribution in [1.29, 1.82) is 0 Å². The van der Waals surface area contributed by atoms with Gasteiger partial charge in [0.1, 0.15) is 0 Å². The van der Waals surface area contributed by atoms with Crippen LogP contribution < -0.4 is 0 Å². The average molecular weight is 438 g/mol. The number of hydrogen-bond donors (Lipinski definition) is 0. The van der Waals surface area contributed by atoms with Crippen LogP contribution in [0.5, 0.6) is 0 Å². The summed E-state index contributed by atoms with van der Waals surface area (Å²) < 4.78 is 41.4. The summed E-state index contributed by atoms with van der Waals surface area (Å²) in [6.45, 7) is 10.1. The van der Waals surface area contributed by atoms with Gasteiger partial charge in [-0.3, -0.25) is 0 Å². The molecular weight excluding hydrogens is 410 g/mol. The van der Waals surface area contributed by atoms with Crippen molar-refractivity contribution in [2.75, 3.05) is 0 Å². The SMILES string of the molecule is Cc1ccc(S(=O)(=O)n2ccc3c(C)c(C)c4c(c32)C2CC4C3OC(C)(C)OC23)cc1. The van der Waals surface area contributed by atoms with Gasteiger partial charge in [-0.1, -0.05) is 17.7 Å². The zero-order valence-corrected chi connectivity index (χ0v) is 19.3. The Labute approximate surface area is 183 Å². The van der Waals surface area contributed by atoms with E-state index in [1.54, 1.807) is 18.3 Å². The molecule has 4 atom stereocenters. The Hall–Kier alpha value is -2.15. The standard InChI is InChI=1S/C25H27NO4S/c1-13-6-8-16(9-7-13)31(27,28)26-11-10-17-14(2)15(3)20-18-12-19(21(20)22(17)26)24-23(18)29-25(4,5)30-24/h6-11,18-19,23-24H,12H2,1-5H3. The van der Waals surface area contributed by atoms with E-state index >= 15 is 0 Å². The monoisotopic (exact) mass is 437 g/mol. The van der Waals surface area contributed by atoms with Gasteiger partial charge in [-0.25, -0.2) is 12.4 Å². The minimum atomic E-state index is -3.71. The van der Waals surface area contributed by atoms with Crippen molar-refractivity contribution in [3.05, 3.63) is 64.3 Å². The average Bonchev–Trinajstić information content (AvgIpc) is 3.43. The Balaban J connectivity index is 1.61. The lowest BCUT2D eigenvalue weighted by Crippen LogP contribution is -2.30. The molecule has 162 valence electrons. The van der Waals surface area contributed by atoms with E-state index in [-0.39, 0.29) is 24.0 Å². The van der Waals surface area contributed by atoms with E-state index in [1.807, 2.05) is 39.0 Å². The van der Waals surface area contributed by atoms with Crippen LogP contribution in [0.1, 0.15) is 59.9 Å². The molecule has 3 aromatic rings. The molecule has 1 aliphatic heterocycles.